The van der Waals surface area contributed by atoms with Crippen LogP contribution in [0.2, 0.25) is 0 Å². The van der Waals surface area contributed by atoms with E-state index in [4.69, 9.17) is 5.73 Å². The van der Waals surface area contributed by atoms with Crippen LogP contribution in [-0.4, -0.2) is 50.5 Å². The van der Waals surface area contributed by atoms with Crippen LogP contribution in [0.15, 0.2) is 42.9 Å². The molecule has 9 nitrogen and oxygen atoms in total. The number of aromatic nitrogens is 3. The molecule has 2 aromatic heterocycles. The van der Waals surface area contributed by atoms with Crippen molar-refractivity contribution in [3.63, 3.8) is 0 Å². The van der Waals surface area contributed by atoms with Gasteiger partial charge in [0.25, 0.3) is 5.91 Å². The first kappa shape index (κ1) is 26.9. The summed E-state index contributed by atoms with van der Waals surface area (Å²) in [7, 11) is 3.25. The smallest absolute Gasteiger partial charge is 0.250 e. The molecule has 3 aromatic rings. The number of rotatable bonds is 8. The second-order valence-electron chi connectivity index (χ2n) is 9.62. The molecule has 0 radical (unpaired) electrons. The number of hydrogen-bond donors (Lipinski definition) is 1. The van der Waals surface area contributed by atoms with E-state index in [1.54, 1.807) is 39.3 Å². The van der Waals surface area contributed by atoms with Crippen molar-refractivity contribution in [1.29, 1.82) is 0 Å². The minimum Gasteiger partial charge on any atom is -0.384 e. The Morgan fingerprint density at radius 1 is 1.21 bits per heavy atom. The number of hydrogen-bond acceptors (Lipinski definition) is 6. The van der Waals surface area contributed by atoms with Gasteiger partial charge in [-0.2, -0.15) is 5.10 Å². The van der Waals surface area contributed by atoms with E-state index in [1.807, 2.05) is 0 Å². The number of carbonyl (C=O) groups is 3. The molecule has 1 aromatic carbocycles. The number of likely N-dealkylation sites (tertiary alicyclic amines) is 1. The summed E-state index contributed by atoms with van der Waals surface area (Å²) in [4.78, 5) is 46.6. The van der Waals surface area contributed by atoms with Gasteiger partial charge in [0.15, 0.2) is 11.6 Å². The number of amides is 3. The van der Waals surface area contributed by atoms with Gasteiger partial charge in [-0.15, -0.1) is 0 Å². The van der Waals surface area contributed by atoms with Gasteiger partial charge in [0.1, 0.15) is 11.9 Å². The lowest BCUT2D eigenvalue weighted by molar-refractivity contribution is -0.170. The molecule has 0 aliphatic carbocycles. The van der Waals surface area contributed by atoms with Gasteiger partial charge in [-0.25, -0.2) is 13.8 Å². The average Bonchev–Trinajstić information content (AvgIpc) is 3.33. The summed E-state index contributed by atoms with van der Waals surface area (Å²) in [5, 5.41) is 4.08. The quantitative estimate of drug-likeness (QED) is 0.453. The van der Waals surface area contributed by atoms with E-state index in [-0.39, 0.29) is 29.8 Å². The zero-order chi connectivity index (χ0) is 27.7. The zero-order valence-corrected chi connectivity index (χ0v) is 21.7. The number of imide groups is 1. The maximum absolute atomic E-state index is 14.7. The van der Waals surface area contributed by atoms with Crippen molar-refractivity contribution in [2.75, 3.05) is 17.7 Å². The van der Waals surface area contributed by atoms with E-state index in [1.165, 1.54) is 41.0 Å². The van der Waals surface area contributed by atoms with Gasteiger partial charge in [-0.05, 0) is 54.5 Å². The summed E-state index contributed by atoms with van der Waals surface area (Å²) in [6.45, 7) is 3.21. The Morgan fingerprint density at radius 3 is 2.58 bits per heavy atom. The van der Waals surface area contributed by atoms with Gasteiger partial charge in [-0.1, -0.05) is 19.1 Å². The van der Waals surface area contributed by atoms with Crippen LogP contribution in [0.1, 0.15) is 42.4 Å². The van der Waals surface area contributed by atoms with Crippen LogP contribution < -0.4 is 10.6 Å². The molecule has 11 heteroatoms. The van der Waals surface area contributed by atoms with Crippen LogP contribution in [0.4, 0.5) is 20.3 Å². The van der Waals surface area contributed by atoms with Crippen LogP contribution in [0.3, 0.4) is 0 Å². The lowest BCUT2D eigenvalue weighted by atomic mass is 9.80. The maximum Gasteiger partial charge on any atom is 0.250 e. The fraction of sp³-hybridized carbons (Fsp3) is 0.370. The molecule has 200 valence electrons. The first-order valence-electron chi connectivity index (χ1n) is 12.3. The molecule has 1 saturated heterocycles. The van der Waals surface area contributed by atoms with E-state index in [9.17, 15) is 23.2 Å². The fourth-order valence-electron chi connectivity index (χ4n) is 4.85. The molecule has 0 spiro atoms. The highest BCUT2D eigenvalue weighted by atomic mass is 19.2. The molecule has 2 N–H and O–H groups in total. The first-order valence-corrected chi connectivity index (χ1v) is 12.3. The molecule has 3 heterocycles. The number of benzene rings is 1. The van der Waals surface area contributed by atoms with E-state index >= 15 is 0 Å². The Balaban J connectivity index is 1.62. The molecule has 1 aliphatic rings. The number of nitrogens with two attached hydrogens (primary N) is 1. The standard InChI is InChI=1S/C27H30F2N6O3/c1-5-17(19-7-6-15(2)23(28)24(19)29)12-22(36)35-25(27(38)34(4)18-13-32-33(3)14-18)20(26(35)37)10-16-8-9-31-21(30)11-16/h6-9,11,13-14,17,20,25H,5,10,12H2,1-4H3,(H2,30,31)/t17-,20+,25-/m0/s1. The minimum absolute atomic E-state index is 0.0658. The second kappa shape index (κ2) is 10.7. The number of carbonyl (C=O) groups excluding carboxylic acids is 3. The third kappa shape index (κ3) is 5.00. The topological polar surface area (TPSA) is 114 Å². The Morgan fingerprint density at radius 2 is 1.95 bits per heavy atom. The lowest BCUT2D eigenvalue weighted by Gasteiger charge is -2.46. The molecule has 0 saturated carbocycles. The van der Waals surface area contributed by atoms with Crippen molar-refractivity contribution in [2.24, 2.45) is 13.0 Å². The minimum atomic E-state index is -1.08. The number of nitrogens with zero attached hydrogens (tertiary/aromatic N) is 5. The first-order chi connectivity index (χ1) is 18.0. The number of β-lactam (4-membered cyclic amide) rings is 1. The van der Waals surface area contributed by atoms with Crippen LogP contribution in [0.25, 0.3) is 0 Å². The Hall–Kier alpha value is -4.15. The number of aryl methyl sites for hydroxylation is 2. The molecule has 38 heavy (non-hydrogen) atoms. The van der Waals surface area contributed by atoms with Gasteiger partial charge in [-0.3, -0.25) is 24.0 Å². The molecule has 0 bridgehead atoms. The van der Waals surface area contributed by atoms with Crippen molar-refractivity contribution < 1.29 is 23.2 Å². The molecule has 3 atom stereocenters. The van der Waals surface area contributed by atoms with Crippen LogP contribution in [-0.2, 0) is 27.9 Å². The maximum atomic E-state index is 14.7. The van der Waals surface area contributed by atoms with Crippen molar-refractivity contribution in [1.82, 2.24) is 19.7 Å². The van der Waals surface area contributed by atoms with Crippen molar-refractivity contribution >= 4 is 29.2 Å². The fourth-order valence-corrected chi connectivity index (χ4v) is 4.85. The van der Waals surface area contributed by atoms with E-state index in [0.29, 0.717) is 17.7 Å². The molecular weight excluding hydrogens is 494 g/mol. The number of halogens is 2. The van der Waals surface area contributed by atoms with Crippen LogP contribution in [0, 0.1) is 24.5 Å². The zero-order valence-electron chi connectivity index (χ0n) is 21.7. The summed E-state index contributed by atoms with van der Waals surface area (Å²) < 4.78 is 30.5. The van der Waals surface area contributed by atoms with Gasteiger partial charge in [0.05, 0.1) is 17.8 Å². The largest absolute Gasteiger partial charge is 0.384 e. The van der Waals surface area contributed by atoms with Crippen molar-refractivity contribution in [3.8, 4) is 0 Å². The summed E-state index contributed by atoms with van der Waals surface area (Å²) in [6, 6.07) is 5.16. The molecule has 1 aliphatic heterocycles. The molecule has 4 rings (SSSR count). The van der Waals surface area contributed by atoms with E-state index < -0.39 is 47.2 Å². The highest BCUT2D eigenvalue weighted by Gasteiger charge is 2.55. The predicted molar refractivity (Wildman–Crippen MR) is 137 cm³/mol. The van der Waals surface area contributed by atoms with Crippen molar-refractivity contribution in [2.45, 2.75) is 45.1 Å². The van der Waals surface area contributed by atoms with Gasteiger partial charge < -0.3 is 10.6 Å². The van der Waals surface area contributed by atoms with Gasteiger partial charge in [0.2, 0.25) is 11.8 Å². The van der Waals surface area contributed by atoms with Gasteiger partial charge >= 0.3 is 0 Å². The Bertz CT molecular complexity index is 1390. The summed E-state index contributed by atoms with van der Waals surface area (Å²) in [5.74, 6) is -4.75. The SMILES string of the molecule is CC[C@@H](CC(=O)N1C(=O)[C@H](Cc2ccnc(N)c2)[C@H]1C(=O)N(C)c1cnn(C)c1)c1ccc(C)c(F)c1F. The van der Waals surface area contributed by atoms with Crippen molar-refractivity contribution in [3.05, 3.63) is 71.2 Å². The highest BCUT2D eigenvalue weighted by molar-refractivity contribution is 6.12. The Labute approximate surface area is 219 Å². The normalized spacial score (nSPS) is 17.7. The summed E-state index contributed by atoms with van der Waals surface area (Å²) >= 11 is 0. The molecule has 3 amide bonds. The third-order valence-electron chi connectivity index (χ3n) is 7.10. The number of anilines is 2. The predicted octanol–water partition coefficient (Wildman–Crippen LogP) is 3.13. The van der Waals surface area contributed by atoms with Gasteiger partial charge in [0, 0.05) is 32.9 Å². The average molecular weight is 525 g/mol. The van der Waals surface area contributed by atoms with Crippen LogP contribution in [0.5, 0.6) is 0 Å². The summed E-state index contributed by atoms with van der Waals surface area (Å²) in [6.07, 6.45) is 4.92. The van der Waals surface area contributed by atoms with E-state index in [0.717, 1.165) is 4.90 Å². The highest BCUT2D eigenvalue weighted by Crippen LogP contribution is 2.36. The molecule has 0 unspecified atom stereocenters. The number of nitrogen functional groups attached to an aromatic ring is 1. The number of pyridine rings is 1. The monoisotopic (exact) mass is 524 g/mol. The third-order valence-corrected chi connectivity index (χ3v) is 7.10. The number of likely N-dealkylation sites (N-methyl/N-ethyl adjacent to an activating group) is 1. The Kier molecular flexibility index (Phi) is 7.56. The summed E-state index contributed by atoms with van der Waals surface area (Å²) in [5.41, 5.74) is 7.21. The molecular formula is C27H30F2N6O3. The molecule has 1 fully saturated rings. The second-order valence-corrected chi connectivity index (χ2v) is 9.62. The van der Waals surface area contributed by atoms with Crippen LogP contribution >= 0.6 is 0 Å². The lowest BCUT2D eigenvalue weighted by Crippen LogP contribution is -2.69. The van der Waals surface area contributed by atoms with E-state index in [2.05, 4.69) is 10.1 Å².